The molecule has 3 amide bonds. The van der Waals surface area contributed by atoms with E-state index in [1.54, 1.807) is 24.4 Å². The molecule has 8 nitrogen and oxygen atoms in total. The Labute approximate surface area is 197 Å². The van der Waals surface area contributed by atoms with Gasteiger partial charge in [-0.25, -0.2) is 18.1 Å². The number of carbonyl (C=O) groups is 2. The number of nitrogens with zero attached hydrogens (tertiary/aromatic N) is 3. The van der Waals surface area contributed by atoms with Crippen molar-refractivity contribution in [3.8, 4) is 5.75 Å². The number of hydrogen-bond acceptors (Lipinski definition) is 6. The van der Waals surface area contributed by atoms with E-state index in [1.165, 1.54) is 12.0 Å². The summed E-state index contributed by atoms with van der Waals surface area (Å²) in [5.41, 5.74) is -5.07. The first-order valence-corrected chi connectivity index (χ1v) is 12.0. The highest BCUT2D eigenvalue weighted by Crippen LogP contribution is 2.50. The summed E-state index contributed by atoms with van der Waals surface area (Å²) >= 11 is 0. The molecule has 35 heavy (non-hydrogen) atoms. The standard InChI is InChI=1S/C23H18F3N3O5S/c1-34-16-4-7-18-14(8-11-27-19(18)12-16)13-28-21(31)29(20(30)22(28)9-10-22)15-2-5-17(6-3-15)35(32,33)23(24,25)26/h2-8,11-12H,9-10,13H2,1H3. The van der Waals surface area contributed by atoms with Crippen molar-refractivity contribution in [2.75, 3.05) is 12.0 Å². The van der Waals surface area contributed by atoms with E-state index in [9.17, 15) is 31.2 Å². The van der Waals surface area contributed by atoms with Crippen LogP contribution in [0.2, 0.25) is 0 Å². The van der Waals surface area contributed by atoms with Crippen LogP contribution in [0.15, 0.2) is 59.6 Å². The van der Waals surface area contributed by atoms with Crippen LogP contribution >= 0.6 is 0 Å². The lowest BCUT2D eigenvalue weighted by Crippen LogP contribution is -2.36. The van der Waals surface area contributed by atoms with Gasteiger partial charge < -0.3 is 9.64 Å². The third-order valence-corrected chi connectivity index (χ3v) is 7.84. The molecule has 0 N–H and O–H groups in total. The topological polar surface area (TPSA) is 96.9 Å². The molecule has 1 aromatic heterocycles. The van der Waals surface area contributed by atoms with Gasteiger partial charge in [0.2, 0.25) is 0 Å². The van der Waals surface area contributed by atoms with Gasteiger partial charge in [-0.15, -0.1) is 0 Å². The zero-order valence-corrected chi connectivity index (χ0v) is 19.1. The number of ether oxygens (including phenoxy) is 1. The number of benzene rings is 2. The fourth-order valence-electron chi connectivity index (χ4n) is 4.29. The average molecular weight is 505 g/mol. The molecule has 2 heterocycles. The Kier molecular flexibility index (Phi) is 5.06. The largest absolute Gasteiger partial charge is 0.501 e. The fraction of sp³-hybridized carbons (Fsp3) is 0.261. The second-order valence-electron chi connectivity index (χ2n) is 8.34. The maximum Gasteiger partial charge on any atom is 0.501 e. The van der Waals surface area contributed by atoms with Crippen LogP contribution in [-0.4, -0.2) is 48.4 Å². The van der Waals surface area contributed by atoms with Gasteiger partial charge in [0.1, 0.15) is 11.3 Å². The number of sulfone groups is 1. The van der Waals surface area contributed by atoms with Crippen LogP contribution in [0.5, 0.6) is 5.75 Å². The number of urea groups is 1. The molecule has 0 unspecified atom stereocenters. The van der Waals surface area contributed by atoms with Crippen molar-refractivity contribution in [2.45, 2.75) is 35.3 Å². The summed E-state index contributed by atoms with van der Waals surface area (Å²) in [6, 6.07) is 10.0. The summed E-state index contributed by atoms with van der Waals surface area (Å²) in [5.74, 6) is 0.129. The number of alkyl halides is 3. The van der Waals surface area contributed by atoms with Crippen LogP contribution in [-0.2, 0) is 21.2 Å². The predicted molar refractivity (Wildman–Crippen MR) is 118 cm³/mol. The molecule has 1 saturated carbocycles. The van der Waals surface area contributed by atoms with Crippen LogP contribution in [0.25, 0.3) is 10.9 Å². The van der Waals surface area contributed by atoms with Gasteiger partial charge in [-0.05, 0) is 60.9 Å². The number of methoxy groups -OCH3 is 1. The van der Waals surface area contributed by atoms with Crippen molar-refractivity contribution in [2.24, 2.45) is 0 Å². The average Bonchev–Trinajstić information content (AvgIpc) is 3.60. The van der Waals surface area contributed by atoms with Gasteiger partial charge in [0, 0.05) is 24.2 Å². The third kappa shape index (κ3) is 3.51. The number of hydrogen-bond donors (Lipinski definition) is 0. The van der Waals surface area contributed by atoms with Crippen molar-refractivity contribution in [1.29, 1.82) is 0 Å². The van der Waals surface area contributed by atoms with Gasteiger partial charge in [0.25, 0.3) is 15.7 Å². The number of carbonyl (C=O) groups excluding carboxylic acids is 2. The lowest BCUT2D eigenvalue weighted by Gasteiger charge is -2.22. The zero-order chi connectivity index (χ0) is 25.2. The summed E-state index contributed by atoms with van der Waals surface area (Å²) in [6.07, 6.45) is 2.49. The Morgan fingerprint density at radius 2 is 1.74 bits per heavy atom. The SMILES string of the molecule is COc1ccc2c(CN3C(=O)N(c4ccc(S(=O)(=O)C(F)(F)F)cc4)C(=O)C34CC4)ccnc2c1. The summed E-state index contributed by atoms with van der Waals surface area (Å²) in [5, 5.41) is 0.782. The van der Waals surface area contributed by atoms with E-state index >= 15 is 0 Å². The number of fused-ring (bicyclic) bond motifs is 1. The quantitative estimate of drug-likeness (QED) is 0.486. The van der Waals surface area contributed by atoms with Crippen molar-refractivity contribution >= 4 is 38.4 Å². The summed E-state index contributed by atoms with van der Waals surface area (Å²) in [7, 11) is -4.01. The molecule has 0 atom stereocenters. The first kappa shape index (κ1) is 23.1. The summed E-state index contributed by atoms with van der Waals surface area (Å²) in [4.78, 5) is 32.3. The highest BCUT2D eigenvalue weighted by Gasteiger charge is 2.65. The molecule has 0 bridgehead atoms. The Morgan fingerprint density at radius 1 is 1.06 bits per heavy atom. The lowest BCUT2D eigenvalue weighted by atomic mass is 10.1. The molecular formula is C23H18F3N3O5S. The molecule has 12 heteroatoms. The van der Waals surface area contributed by atoms with Gasteiger partial charge in [0.15, 0.2) is 0 Å². The van der Waals surface area contributed by atoms with Crippen LogP contribution in [0.1, 0.15) is 18.4 Å². The molecule has 1 aliphatic heterocycles. The minimum atomic E-state index is -5.55. The Bertz CT molecular complexity index is 1470. The first-order valence-electron chi connectivity index (χ1n) is 10.5. The number of amides is 3. The Morgan fingerprint density at radius 3 is 2.34 bits per heavy atom. The molecule has 1 aliphatic carbocycles. The van der Waals surface area contributed by atoms with Gasteiger partial charge >= 0.3 is 11.5 Å². The van der Waals surface area contributed by atoms with E-state index in [2.05, 4.69) is 4.98 Å². The smallest absolute Gasteiger partial charge is 0.497 e. The normalized spacial score (nSPS) is 17.5. The monoisotopic (exact) mass is 505 g/mol. The van der Waals surface area contributed by atoms with E-state index in [0.29, 0.717) is 24.1 Å². The zero-order valence-electron chi connectivity index (χ0n) is 18.2. The van der Waals surface area contributed by atoms with E-state index in [1.807, 2.05) is 6.07 Å². The Balaban J connectivity index is 1.47. The minimum Gasteiger partial charge on any atom is -0.497 e. The number of aromatic nitrogens is 1. The molecule has 3 aromatic rings. The number of imide groups is 1. The van der Waals surface area contributed by atoms with E-state index < -0.39 is 37.7 Å². The van der Waals surface area contributed by atoms with Gasteiger partial charge in [0.05, 0.1) is 23.2 Å². The second kappa shape index (κ2) is 7.67. The molecule has 2 aromatic carbocycles. The molecule has 182 valence electrons. The second-order valence-corrected chi connectivity index (χ2v) is 10.3. The van der Waals surface area contributed by atoms with Crippen molar-refractivity contribution in [1.82, 2.24) is 9.88 Å². The van der Waals surface area contributed by atoms with E-state index in [-0.39, 0.29) is 12.2 Å². The van der Waals surface area contributed by atoms with Crippen LogP contribution < -0.4 is 9.64 Å². The summed E-state index contributed by atoms with van der Waals surface area (Å²) in [6.45, 7) is 0.118. The molecular weight excluding hydrogens is 487 g/mol. The maximum atomic E-state index is 13.4. The van der Waals surface area contributed by atoms with Gasteiger partial charge in [-0.3, -0.25) is 9.78 Å². The van der Waals surface area contributed by atoms with Crippen molar-refractivity contribution in [3.63, 3.8) is 0 Å². The highest BCUT2D eigenvalue weighted by molar-refractivity contribution is 7.92. The molecule has 0 radical (unpaired) electrons. The van der Waals surface area contributed by atoms with E-state index in [0.717, 1.165) is 40.1 Å². The number of rotatable bonds is 5. The predicted octanol–water partition coefficient (Wildman–Crippen LogP) is 4.04. The maximum absolute atomic E-state index is 13.4. The third-order valence-electron chi connectivity index (χ3n) is 6.34. The molecule has 1 saturated heterocycles. The highest BCUT2D eigenvalue weighted by atomic mass is 32.2. The van der Waals surface area contributed by atoms with Crippen molar-refractivity contribution in [3.05, 3.63) is 60.3 Å². The van der Waals surface area contributed by atoms with Crippen LogP contribution in [0.3, 0.4) is 0 Å². The van der Waals surface area contributed by atoms with Gasteiger partial charge in [-0.1, -0.05) is 0 Å². The number of anilines is 1. The van der Waals surface area contributed by atoms with E-state index in [4.69, 9.17) is 4.74 Å². The van der Waals surface area contributed by atoms with Crippen LogP contribution in [0.4, 0.5) is 23.7 Å². The Hall–Kier alpha value is -3.67. The number of pyridine rings is 1. The van der Waals surface area contributed by atoms with Gasteiger partial charge in [-0.2, -0.15) is 13.2 Å². The first-order chi connectivity index (χ1) is 16.5. The lowest BCUT2D eigenvalue weighted by molar-refractivity contribution is -0.120. The fourth-order valence-corrected chi connectivity index (χ4v) is 5.06. The van der Waals surface area contributed by atoms with Crippen molar-refractivity contribution < 1.29 is 35.9 Å². The number of halogens is 3. The minimum absolute atomic E-state index is 0.000720. The van der Waals surface area contributed by atoms with Crippen LogP contribution in [0, 0.1) is 0 Å². The molecule has 2 aliphatic rings. The molecule has 2 fully saturated rings. The summed E-state index contributed by atoms with van der Waals surface area (Å²) < 4.78 is 67.0. The molecule has 1 spiro atoms. The molecule has 5 rings (SSSR count).